The summed E-state index contributed by atoms with van der Waals surface area (Å²) in [6, 6.07) is 0. The third-order valence-electron chi connectivity index (χ3n) is 3.91. The smallest absolute Gasteiger partial charge is 1.00 e. The summed E-state index contributed by atoms with van der Waals surface area (Å²) in [6.07, 6.45) is 11.8. The van der Waals surface area contributed by atoms with E-state index in [-0.39, 0.29) is 24.8 Å². The minimum absolute atomic E-state index is 0. The molecule has 0 aliphatic heterocycles. The van der Waals surface area contributed by atoms with Crippen LogP contribution in [0.1, 0.15) is 32.6 Å². The Morgan fingerprint density at radius 1 is 1.21 bits per heavy atom. The molecule has 1 nitrogen and oxygen atoms in total. The van der Waals surface area contributed by atoms with E-state index in [4.69, 9.17) is 4.43 Å². The summed E-state index contributed by atoms with van der Waals surface area (Å²) in [5, 5.41) is 1.81. The summed E-state index contributed by atoms with van der Waals surface area (Å²) in [7, 11) is -2.29. The molecule has 0 radical (unpaired) electrons. The molecule has 0 fully saturated rings. The van der Waals surface area contributed by atoms with E-state index in [1.165, 1.54) is 25.0 Å². The fourth-order valence-electron chi connectivity index (χ4n) is 3.23. The van der Waals surface area contributed by atoms with Crippen LogP contribution in [0.5, 0.6) is 0 Å². The maximum Gasteiger partial charge on any atom is -1.00 e. The van der Waals surface area contributed by atoms with Gasteiger partial charge in [-0.2, -0.15) is 0 Å². The second-order valence-electron chi connectivity index (χ2n) is 7.54. The Labute approximate surface area is 175 Å². The largest absolute Gasteiger partial charge is 1.00 e. The van der Waals surface area contributed by atoms with E-state index in [1.54, 1.807) is 8.85 Å². The van der Waals surface area contributed by atoms with Crippen LogP contribution in [0.2, 0.25) is 32.7 Å². The van der Waals surface area contributed by atoms with Gasteiger partial charge in [0.1, 0.15) is 0 Å². The molecule has 24 heavy (non-hydrogen) atoms. The molecule has 0 amide bonds. The third-order valence-corrected chi connectivity index (χ3v) is 10.9. The Kier molecular flexibility index (Phi) is 11.0. The Morgan fingerprint density at radius 3 is 2.33 bits per heavy atom. The molecule has 0 aromatic heterocycles. The molecule has 0 unspecified atom stereocenters. The Hall–Kier alpha value is 0.657. The van der Waals surface area contributed by atoms with Gasteiger partial charge in [-0.25, -0.2) is 0 Å². The van der Waals surface area contributed by atoms with E-state index in [0.717, 1.165) is 6.42 Å². The molecule has 2 rings (SSSR count). The van der Waals surface area contributed by atoms with E-state index >= 15 is 0 Å². The Morgan fingerprint density at radius 2 is 1.88 bits per heavy atom. The van der Waals surface area contributed by atoms with Crippen molar-refractivity contribution in [1.29, 1.82) is 0 Å². The van der Waals surface area contributed by atoms with E-state index < -0.39 is 40.3 Å². The first-order valence-electron chi connectivity index (χ1n) is 8.59. The molecule has 0 spiro atoms. The van der Waals surface area contributed by atoms with Crippen LogP contribution >= 0.6 is 0 Å². The molecule has 0 atom stereocenters. The molecule has 2 aliphatic rings. The summed E-state index contributed by atoms with van der Waals surface area (Å²) in [5.74, 6) is 1.37. The predicted octanol–water partition coefficient (Wildman–Crippen LogP) is -0.490. The topological polar surface area (TPSA) is 9.23 Å². The Bertz CT molecular complexity index is 558. The van der Waals surface area contributed by atoms with E-state index in [2.05, 4.69) is 57.9 Å². The van der Waals surface area contributed by atoms with Gasteiger partial charge >= 0.3 is 151 Å². The van der Waals surface area contributed by atoms with Crippen molar-refractivity contribution >= 4 is 17.1 Å². The molecule has 0 aromatic rings. The van der Waals surface area contributed by atoms with Crippen LogP contribution in [0.25, 0.3) is 0 Å². The van der Waals surface area contributed by atoms with Crippen molar-refractivity contribution in [2.45, 2.75) is 65.3 Å². The van der Waals surface area contributed by atoms with Crippen molar-refractivity contribution < 1.29 is 52.5 Å². The van der Waals surface area contributed by atoms with Crippen molar-refractivity contribution in [3.8, 4) is 0 Å². The average molecular weight is 481 g/mol. The molecule has 0 aromatic carbocycles. The van der Waals surface area contributed by atoms with Gasteiger partial charge in [-0.1, -0.05) is 0 Å². The van der Waals surface area contributed by atoms with Crippen molar-refractivity contribution in [3.05, 3.63) is 41.3 Å². The zero-order valence-corrected chi connectivity index (χ0v) is 21.9. The van der Waals surface area contributed by atoms with Gasteiger partial charge in [-0.15, -0.1) is 0 Å². The van der Waals surface area contributed by atoms with Gasteiger partial charge in [0.2, 0.25) is 0 Å². The molecular weight excluding hydrogens is 450 g/mol. The standard InChI is InChI=1S/C13H25OSi2.C5H5.2ClH.Zr/c1-7-8-11-12(14-16(4,5)6)9-10-13(11)15(2)3;1-2-4-5-3-1;;;/h15H,7-9H2,1-6H3;1-3H,4H2;2*1H;/q;;;;+2/p-2. The molecule has 0 saturated carbocycles. The van der Waals surface area contributed by atoms with Crippen LogP contribution in [-0.4, -0.2) is 17.1 Å². The molecule has 0 saturated heterocycles. The molecule has 0 bridgehead atoms. The number of rotatable bonds is 7. The van der Waals surface area contributed by atoms with Gasteiger partial charge in [0.15, 0.2) is 0 Å². The third kappa shape index (κ3) is 6.76. The van der Waals surface area contributed by atoms with Crippen LogP contribution < -0.4 is 24.8 Å². The monoisotopic (exact) mass is 478 g/mol. The number of halogens is 2. The summed E-state index contributed by atoms with van der Waals surface area (Å²) < 4.78 is 10.1. The first-order chi connectivity index (χ1) is 10.3. The van der Waals surface area contributed by atoms with Crippen LogP contribution in [-0.2, 0) is 27.7 Å². The molecule has 0 heterocycles. The van der Waals surface area contributed by atoms with Crippen molar-refractivity contribution in [2.75, 3.05) is 0 Å². The van der Waals surface area contributed by atoms with Gasteiger partial charge < -0.3 is 24.8 Å². The van der Waals surface area contributed by atoms with Crippen LogP contribution in [0.4, 0.5) is 0 Å². The van der Waals surface area contributed by atoms with Crippen molar-refractivity contribution in [2.24, 2.45) is 0 Å². The summed E-state index contributed by atoms with van der Waals surface area (Å²) in [4.78, 5) is 0. The van der Waals surface area contributed by atoms with E-state index in [0.29, 0.717) is 0 Å². The van der Waals surface area contributed by atoms with Gasteiger partial charge in [0.05, 0.1) is 0 Å². The zero-order valence-electron chi connectivity index (χ0n) is 15.8. The summed E-state index contributed by atoms with van der Waals surface area (Å²) >= 11 is -0.571. The maximum absolute atomic E-state index is 6.53. The predicted molar refractivity (Wildman–Crippen MR) is 98.7 cm³/mol. The molecular formula is C18H30Cl2OSi2Zr. The van der Waals surface area contributed by atoms with Gasteiger partial charge in [-0.05, 0) is 0 Å². The van der Waals surface area contributed by atoms with Gasteiger partial charge in [0, 0.05) is 0 Å². The molecule has 134 valence electrons. The number of hydrogen-bond acceptors (Lipinski definition) is 1. The van der Waals surface area contributed by atoms with E-state index in [1.807, 2.05) is 8.48 Å². The second-order valence-corrected chi connectivity index (χ2v) is 18.5. The fraction of sp³-hybridized carbons (Fsp3) is 0.556. The SMILES string of the molecule is CCCC1=C(O[Si](C)(C)C)C[C]([Zr+2][C]2=CC=CC2)=C1[SiH](C)C.[Cl-].[Cl-]. The second kappa shape index (κ2) is 10.7. The van der Waals surface area contributed by atoms with Crippen LogP contribution in [0.3, 0.4) is 0 Å². The summed E-state index contributed by atoms with van der Waals surface area (Å²) in [5.41, 5.74) is 1.63. The quantitative estimate of drug-likeness (QED) is 0.447. The number of hydrogen-bond donors (Lipinski definition) is 0. The van der Waals surface area contributed by atoms with Crippen molar-refractivity contribution in [3.63, 3.8) is 0 Å². The minimum atomic E-state index is -1.51. The maximum atomic E-state index is 6.53. The first-order valence-corrected chi connectivity index (χ1v) is 17.3. The van der Waals surface area contributed by atoms with Crippen LogP contribution in [0, 0.1) is 0 Å². The van der Waals surface area contributed by atoms with Crippen LogP contribution in [0.15, 0.2) is 41.3 Å². The summed E-state index contributed by atoms with van der Waals surface area (Å²) in [6.45, 7) is 14.3. The molecule has 2 aliphatic carbocycles. The normalized spacial score (nSPS) is 16.9. The first kappa shape index (κ1) is 24.7. The minimum Gasteiger partial charge on any atom is -1.00 e. The van der Waals surface area contributed by atoms with E-state index in [9.17, 15) is 0 Å². The Balaban J connectivity index is 0.00000264. The van der Waals surface area contributed by atoms with Gasteiger partial charge in [0.25, 0.3) is 0 Å². The van der Waals surface area contributed by atoms with Gasteiger partial charge in [-0.3, -0.25) is 0 Å². The molecule has 6 heteroatoms. The average Bonchev–Trinajstić information content (AvgIpc) is 2.97. The fourth-order valence-corrected chi connectivity index (χ4v) is 11.8. The molecule has 0 N–H and O–H groups in total. The zero-order chi connectivity index (χ0) is 16.3. The van der Waals surface area contributed by atoms with Crippen molar-refractivity contribution in [1.82, 2.24) is 0 Å². The number of allylic oxidation sites excluding steroid dienone is 7.